The molecule has 0 heterocycles. The summed E-state index contributed by atoms with van der Waals surface area (Å²) in [7, 11) is -1.49. The quantitative estimate of drug-likeness (QED) is 0.473. The fourth-order valence-electron chi connectivity index (χ4n) is 1.44. The van der Waals surface area contributed by atoms with Crippen molar-refractivity contribution in [3.8, 4) is 0 Å². The highest BCUT2D eigenvalue weighted by Crippen LogP contribution is 2.23. The molecule has 0 N–H and O–H groups in total. The SMILES string of the molecule is CCCCO[P+](=O)CCCOCc1ccccc1. The summed E-state index contributed by atoms with van der Waals surface area (Å²) in [6.07, 6.45) is 3.43. The van der Waals surface area contributed by atoms with Crippen molar-refractivity contribution in [2.45, 2.75) is 32.8 Å². The Balaban J connectivity index is 1.97. The lowest BCUT2D eigenvalue weighted by molar-refractivity contribution is 0.121. The third kappa shape index (κ3) is 7.54. The van der Waals surface area contributed by atoms with Crippen LogP contribution in [0.15, 0.2) is 30.3 Å². The molecule has 18 heavy (non-hydrogen) atoms. The number of unbranched alkanes of at least 4 members (excludes halogenated alkanes) is 1. The Morgan fingerprint density at radius 3 is 2.61 bits per heavy atom. The molecule has 0 fully saturated rings. The second kappa shape index (κ2) is 10.2. The molecule has 0 amide bonds. The number of benzene rings is 1. The molecular weight excluding hydrogens is 247 g/mol. The van der Waals surface area contributed by atoms with Gasteiger partial charge in [0.2, 0.25) is 0 Å². The Morgan fingerprint density at radius 2 is 1.89 bits per heavy atom. The van der Waals surface area contributed by atoms with E-state index in [9.17, 15) is 4.57 Å². The zero-order valence-corrected chi connectivity index (χ0v) is 11.9. The van der Waals surface area contributed by atoms with Crippen molar-refractivity contribution in [2.24, 2.45) is 0 Å². The number of hydrogen-bond donors (Lipinski definition) is 0. The van der Waals surface area contributed by atoms with Crippen LogP contribution < -0.4 is 0 Å². The fourth-order valence-corrected chi connectivity index (χ4v) is 2.28. The molecule has 0 radical (unpaired) electrons. The minimum atomic E-state index is -1.49. The second-order valence-electron chi connectivity index (χ2n) is 4.13. The van der Waals surface area contributed by atoms with Crippen LogP contribution in [0, 0.1) is 0 Å². The molecule has 0 saturated heterocycles. The maximum atomic E-state index is 11.4. The van der Waals surface area contributed by atoms with Gasteiger partial charge < -0.3 is 4.74 Å². The molecule has 4 heteroatoms. The van der Waals surface area contributed by atoms with Gasteiger partial charge in [0, 0.05) is 6.42 Å². The minimum absolute atomic E-state index is 0.591. The summed E-state index contributed by atoms with van der Waals surface area (Å²) in [5.41, 5.74) is 1.17. The largest absolute Gasteiger partial charge is 0.508 e. The van der Waals surface area contributed by atoms with Gasteiger partial charge in [-0.2, -0.15) is 0 Å². The molecule has 1 aromatic carbocycles. The predicted octanol–water partition coefficient (Wildman–Crippen LogP) is 4.15. The molecule has 0 aliphatic carbocycles. The molecule has 1 atom stereocenters. The van der Waals surface area contributed by atoms with E-state index in [0.717, 1.165) is 19.3 Å². The summed E-state index contributed by atoms with van der Waals surface area (Å²) in [6.45, 7) is 3.95. The fraction of sp³-hybridized carbons (Fsp3) is 0.571. The molecule has 3 nitrogen and oxygen atoms in total. The first-order valence-electron chi connectivity index (χ1n) is 6.52. The summed E-state index contributed by atoms with van der Waals surface area (Å²) < 4.78 is 22.1. The molecule has 0 spiro atoms. The van der Waals surface area contributed by atoms with Crippen molar-refractivity contribution < 1.29 is 13.8 Å². The molecule has 0 saturated carbocycles. The van der Waals surface area contributed by atoms with E-state index in [2.05, 4.69) is 6.92 Å². The van der Waals surface area contributed by atoms with Crippen LogP contribution in [0.4, 0.5) is 0 Å². The molecule has 0 bridgehead atoms. The van der Waals surface area contributed by atoms with Crippen molar-refractivity contribution in [3.05, 3.63) is 35.9 Å². The second-order valence-corrected chi connectivity index (χ2v) is 5.51. The van der Waals surface area contributed by atoms with Gasteiger partial charge in [0.15, 0.2) is 6.16 Å². The van der Waals surface area contributed by atoms with Crippen LogP contribution >= 0.6 is 8.03 Å². The number of rotatable bonds is 10. The van der Waals surface area contributed by atoms with Gasteiger partial charge in [-0.25, -0.2) is 0 Å². The van der Waals surface area contributed by atoms with E-state index in [-0.39, 0.29) is 0 Å². The number of ether oxygens (including phenoxy) is 1. The topological polar surface area (TPSA) is 35.5 Å². The zero-order chi connectivity index (χ0) is 13.1. The first-order valence-corrected chi connectivity index (χ1v) is 7.88. The lowest BCUT2D eigenvalue weighted by Gasteiger charge is -2.01. The summed E-state index contributed by atoms with van der Waals surface area (Å²) in [4.78, 5) is 0. The first-order chi connectivity index (χ1) is 8.83. The Morgan fingerprint density at radius 1 is 1.11 bits per heavy atom. The van der Waals surface area contributed by atoms with Crippen LogP contribution in [0.25, 0.3) is 0 Å². The minimum Gasteiger partial charge on any atom is -0.377 e. The smallest absolute Gasteiger partial charge is 0.377 e. The van der Waals surface area contributed by atoms with E-state index >= 15 is 0 Å². The van der Waals surface area contributed by atoms with Gasteiger partial charge in [-0.05, 0) is 16.5 Å². The van der Waals surface area contributed by atoms with Crippen LogP contribution in [-0.2, 0) is 20.4 Å². The molecule has 100 valence electrons. The average molecular weight is 269 g/mol. The molecular formula is C14H22O3P+. The summed E-state index contributed by atoms with van der Waals surface area (Å²) in [5.74, 6) is 0. The molecule has 0 aliphatic heterocycles. The highest BCUT2D eigenvalue weighted by Gasteiger charge is 2.15. The van der Waals surface area contributed by atoms with E-state index in [1.165, 1.54) is 5.56 Å². The van der Waals surface area contributed by atoms with Gasteiger partial charge in [0.05, 0.1) is 13.2 Å². The lowest BCUT2D eigenvalue weighted by Crippen LogP contribution is -1.97. The highest BCUT2D eigenvalue weighted by molar-refractivity contribution is 7.39. The standard InChI is InChI=1S/C14H22O3P/c1-2-3-11-17-18(15)12-7-10-16-13-14-8-5-4-6-9-14/h4-6,8-9H,2-3,7,10-13H2,1H3/q+1. The molecule has 1 aromatic rings. The predicted molar refractivity (Wildman–Crippen MR) is 74.0 cm³/mol. The van der Waals surface area contributed by atoms with Gasteiger partial charge in [-0.15, -0.1) is 4.52 Å². The molecule has 1 rings (SSSR count). The maximum Gasteiger partial charge on any atom is 0.508 e. The third-order valence-electron chi connectivity index (χ3n) is 2.47. The van der Waals surface area contributed by atoms with Crippen LogP contribution in [0.1, 0.15) is 31.7 Å². The lowest BCUT2D eigenvalue weighted by atomic mass is 10.2. The van der Waals surface area contributed by atoms with E-state index in [4.69, 9.17) is 9.26 Å². The van der Waals surface area contributed by atoms with E-state index < -0.39 is 8.03 Å². The Labute approximate surface area is 110 Å². The Bertz CT molecular complexity index is 327. The average Bonchev–Trinajstić information content (AvgIpc) is 2.40. The van der Waals surface area contributed by atoms with Crippen molar-refractivity contribution in [2.75, 3.05) is 19.4 Å². The van der Waals surface area contributed by atoms with Crippen LogP contribution in [0.5, 0.6) is 0 Å². The highest BCUT2D eigenvalue weighted by atomic mass is 31.1. The zero-order valence-electron chi connectivity index (χ0n) is 11.0. The summed E-state index contributed by atoms with van der Waals surface area (Å²) >= 11 is 0. The van der Waals surface area contributed by atoms with Gasteiger partial charge in [-0.3, -0.25) is 0 Å². The van der Waals surface area contributed by atoms with Crippen LogP contribution in [0.2, 0.25) is 0 Å². The van der Waals surface area contributed by atoms with Crippen LogP contribution in [0.3, 0.4) is 0 Å². The first kappa shape index (κ1) is 15.3. The van der Waals surface area contributed by atoms with Crippen LogP contribution in [-0.4, -0.2) is 19.4 Å². The van der Waals surface area contributed by atoms with Crippen molar-refractivity contribution >= 4 is 8.03 Å². The van der Waals surface area contributed by atoms with Gasteiger partial charge in [-0.1, -0.05) is 43.7 Å². The van der Waals surface area contributed by atoms with Gasteiger partial charge in [0.1, 0.15) is 6.61 Å². The summed E-state index contributed by atoms with van der Waals surface area (Å²) in [6, 6.07) is 10.1. The Kier molecular flexibility index (Phi) is 8.66. The molecule has 1 unspecified atom stereocenters. The van der Waals surface area contributed by atoms with E-state index in [1.54, 1.807) is 0 Å². The van der Waals surface area contributed by atoms with Gasteiger partial charge >= 0.3 is 8.03 Å². The number of hydrogen-bond acceptors (Lipinski definition) is 3. The maximum absolute atomic E-state index is 11.4. The Hall–Kier alpha value is -0.760. The van der Waals surface area contributed by atoms with E-state index in [1.807, 2.05) is 30.3 Å². The van der Waals surface area contributed by atoms with Crippen molar-refractivity contribution in [3.63, 3.8) is 0 Å². The molecule has 0 aromatic heterocycles. The van der Waals surface area contributed by atoms with Crippen molar-refractivity contribution in [1.82, 2.24) is 0 Å². The normalized spacial score (nSPS) is 11.5. The summed E-state index contributed by atoms with van der Waals surface area (Å²) in [5, 5.41) is 0. The van der Waals surface area contributed by atoms with E-state index in [0.29, 0.717) is 26.0 Å². The molecule has 0 aliphatic rings. The monoisotopic (exact) mass is 269 g/mol. The van der Waals surface area contributed by atoms with Gasteiger partial charge in [0.25, 0.3) is 0 Å². The third-order valence-corrected chi connectivity index (χ3v) is 3.63. The van der Waals surface area contributed by atoms with Crippen molar-refractivity contribution in [1.29, 1.82) is 0 Å².